The Bertz CT molecular complexity index is 278. The molecule has 0 amide bonds. The number of nitrogens with zero attached hydrogens (tertiary/aromatic N) is 1. The van der Waals surface area contributed by atoms with Gasteiger partial charge in [-0.25, -0.2) is 0 Å². The summed E-state index contributed by atoms with van der Waals surface area (Å²) in [6.45, 7) is 5.47. The second-order valence-corrected chi connectivity index (χ2v) is 5.28. The van der Waals surface area contributed by atoms with Gasteiger partial charge >= 0.3 is 0 Å². The van der Waals surface area contributed by atoms with Crippen molar-refractivity contribution in [1.29, 1.82) is 0 Å². The number of hydrogen-bond acceptors (Lipinski definition) is 4. The van der Waals surface area contributed by atoms with Gasteiger partial charge in [-0.15, -0.1) is 0 Å². The van der Waals surface area contributed by atoms with Gasteiger partial charge in [-0.2, -0.15) is 8.42 Å². The monoisotopic (exact) mass is 222 g/mol. The molecule has 2 unspecified atom stereocenters. The highest BCUT2D eigenvalue weighted by molar-refractivity contribution is 7.85. The van der Waals surface area contributed by atoms with E-state index in [1.807, 2.05) is 18.7 Å². The summed E-state index contributed by atoms with van der Waals surface area (Å²) in [4.78, 5) is 1.82. The van der Waals surface area contributed by atoms with Gasteiger partial charge in [0.1, 0.15) is 5.88 Å². The number of nitrogens with one attached hydrogen (secondary N) is 1. The highest BCUT2D eigenvalue weighted by atomic mass is 32.2. The van der Waals surface area contributed by atoms with Gasteiger partial charge in [0.25, 0.3) is 10.1 Å². The minimum absolute atomic E-state index is 0.202. The van der Waals surface area contributed by atoms with Gasteiger partial charge in [0.2, 0.25) is 0 Å². The van der Waals surface area contributed by atoms with Crippen LogP contribution in [-0.2, 0) is 10.1 Å². The maximum atomic E-state index is 10.8. The first-order chi connectivity index (χ1) is 6.42. The normalized spacial score (nSPS) is 30.5. The van der Waals surface area contributed by atoms with E-state index in [-0.39, 0.29) is 18.0 Å². The topological polar surface area (TPSA) is 69.6 Å². The van der Waals surface area contributed by atoms with E-state index in [4.69, 9.17) is 4.55 Å². The average molecular weight is 222 g/mol. The van der Waals surface area contributed by atoms with Gasteiger partial charge in [-0.3, -0.25) is 9.45 Å². The lowest BCUT2D eigenvalue weighted by atomic mass is 10.1. The Morgan fingerprint density at radius 2 is 2.21 bits per heavy atom. The Morgan fingerprint density at radius 1 is 1.57 bits per heavy atom. The van der Waals surface area contributed by atoms with Gasteiger partial charge in [-0.05, 0) is 13.3 Å². The van der Waals surface area contributed by atoms with Crippen molar-refractivity contribution in [3.63, 3.8) is 0 Å². The van der Waals surface area contributed by atoms with E-state index in [1.165, 1.54) is 0 Å². The molecule has 0 aromatic carbocycles. The van der Waals surface area contributed by atoms with Crippen molar-refractivity contribution >= 4 is 10.1 Å². The summed E-state index contributed by atoms with van der Waals surface area (Å²) in [5, 5.41) is 3.28. The predicted octanol–water partition coefficient (Wildman–Crippen LogP) is -0.0960. The van der Waals surface area contributed by atoms with Crippen LogP contribution in [0.4, 0.5) is 0 Å². The fraction of sp³-hybridized carbons (Fsp3) is 1.00. The van der Waals surface area contributed by atoms with Crippen LogP contribution in [0, 0.1) is 0 Å². The fourth-order valence-corrected chi connectivity index (χ4v) is 2.54. The first-order valence-corrected chi connectivity index (χ1v) is 6.46. The lowest BCUT2D eigenvalue weighted by Gasteiger charge is -2.37. The molecule has 1 heterocycles. The van der Waals surface area contributed by atoms with Crippen molar-refractivity contribution in [2.45, 2.75) is 32.4 Å². The molecule has 1 aliphatic heterocycles. The summed E-state index contributed by atoms with van der Waals surface area (Å²) >= 11 is 0. The van der Waals surface area contributed by atoms with Crippen LogP contribution in [0.15, 0.2) is 0 Å². The van der Waals surface area contributed by atoms with E-state index in [1.54, 1.807) is 0 Å². The predicted molar refractivity (Wildman–Crippen MR) is 54.7 cm³/mol. The largest absolute Gasteiger partial charge is 0.311 e. The molecule has 0 aliphatic carbocycles. The Hall–Kier alpha value is -0.170. The van der Waals surface area contributed by atoms with E-state index in [2.05, 4.69) is 5.32 Å². The molecule has 1 aliphatic rings. The zero-order chi connectivity index (χ0) is 10.8. The summed E-state index contributed by atoms with van der Waals surface area (Å²) in [5.74, 6) is -0.252. The van der Waals surface area contributed by atoms with Gasteiger partial charge in [0.05, 0.1) is 0 Å². The molecule has 1 rings (SSSR count). The first kappa shape index (κ1) is 11.9. The molecular weight excluding hydrogens is 204 g/mol. The molecule has 1 fully saturated rings. The van der Waals surface area contributed by atoms with Crippen LogP contribution in [0.1, 0.15) is 20.3 Å². The van der Waals surface area contributed by atoms with Crippen molar-refractivity contribution in [1.82, 2.24) is 10.2 Å². The molecule has 84 valence electrons. The maximum absolute atomic E-state index is 10.8. The van der Waals surface area contributed by atoms with Crippen LogP contribution in [-0.4, -0.2) is 48.9 Å². The third-order valence-electron chi connectivity index (χ3n) is 2.53. The third kappa shape index (κ3) is 3.53. The maximum Gasteiger partial charge on any atom is 0.278 e. The van der Waals surface area contributed by atoms with E-state index in [0.29, 0.717) is 6.54 Å². The minimum atomic E-state index is -3.89. The number of piperazine rings is 1. The molecule has 2 atom stereocenters. The SMILES string of the molecule is CCC1CNC(C)CN1CS(=O)(=O)O. The second-order valence-electron chi connectivity index (χ2n) is 3.85. The molecule has 1 saturated heterocycles. The molecule has 0 saturated carbocycles. The van der Waals surface area contributed by atoms with E-state index >= 15 is 0 Å². The molecule has 0 aromatic heterocycles. The second kappa shape index (κ2) is 4.57. The average Bonchev–Trinajstić information content (AvgIpc) is 2.01. The zero-order valence-corrected chi connectivity index (χ0v) is 9.42. The van der Waals surface area contributed by atoms with E-state index < -0.39 is 10.1 Å². The summed E-state index contributed by atoms with van der Waals surface area (Å²) in [6.07, 6.45) is 0.884. The molecule has 14 heavy (non-hydrogen) atoms. The summed E-state index contributed by atoms with van der Waals surface area (Å²) in [6, 6.07) is 0.479. The molecular formula is C8H18N2O3S. The van der Waals surface area contributed by atoms with Crippen molar-refractivity contribution in [2.75, 3.05) is 19.0 Å². The van der Waals surface area contributed by atoms with Crippen LogP contribution >= 0.6 is 0 Å². The zero-order valence-electron chi connectivity index (χ0n) is 8.60. The quantitative estimate of drug-likeness (QED) is 0.653. The smallest absolute Gasteiger partial charge is 0.278 e. The van der Waals surface area contributed by atoms with Gasteiger partial charge < -0.3 is 5.32 Å². The Balaban J connectivity index is 2.62. The molecule has 0 spiro atoms. The summed E-state index contributed by atoms with van der Waals surface area (Å²) < 4.78 is 30.3. The standard InChI is InChI=1S/C8H18N2O3S/c1-3-8-4-9-7(2)5-10(8)6-14(11,12)13/h7-9H,3-6H2,1-2H3,(H,11,12,13). The molecule has 0 aromatic rings. The van der Waals surface area contributed by atoms with Crippen molar-refractivity contribution in [2.24, 2.45) is 0 Å². The molecule has 2 N–H and O–H groups in total. The fourth-order valence-electron chi connectivity index (χ4n) is 1.80. The van der Waals surface area contributed by atoms with Crippen LogP contribution in [0.3, 0.4) is 0 Å². The van der Waals surface area contributed by atoms with Crippen LogP contribution in [0.25, 0.3) is 0 Å². The molecule has 6 heteroatoms. The van der Waals surface area contributed by atoms with Crippen LogP contribution in [0.5, 0.6) is 0 Å². The number of rotatable bonds is 3. The Kier molecular flexibility index (Phi) is 3.88. The van der Waals surface area contributed by atoms with Gasteiger partial charge in [-0.1, -0.05) is 6.92 Å². The van der Waals surface area contributed by atoms with Gasteiger partial charge in [0.15, 0.2) is 0 Å². The molecule has 5 nitrogen and oxygen atoms in total. The third-order valence-corrected chi connectivity index (χ3v) is 3.18. The highest BCUT2D eigenvalue weighted by Gasteiger charge is 2.27. The van der Waals surface area contributed by atoms with Crippen LogP contribution in [0.2, 0.25) is 0 Å². The summed E-state index contributed by atoms with van der Waals surface area (Å²) in [5.41, 5.74) is 0. The molecule has 0 radical (unpaired) electrons. The molecule has 0 bridgehead atoms. The van der Waals surface area contributed by atoms with Crippen LogP contribution < -0.4 is 5.32 Å². The highest BCUT2D eigenvalue weighted by Crippen LogP contribution is 2.10. The summed E-state index contributed by atoms with van der Waals surface area (Å²) in [7, 11) is -3.89. The lowest BCUT2D eigenvalue weighted by molar-refractivity contribution is 0.152. The van der Waals surface area contributed by atoms with E-state index in [0.717, 1.165) is 13.0 Å². The van der Waals surface area contributed by atoms with Crippen molar-refractivity contribution < 1.29 is 13.0 Å². The van der Waals surface area contributed by atoms with Gasteiger partial charge in [0, 0.05) is 25.2 Å². The van der Waals surface area contributed by atoms with Crippen molar-refractivity contribution in [3.8, 4) is 0 Å². The lowest BCUT2D eigenvalue weighted by Crippen LogP contribution is -2.56. The Morgan fingerprint density at radius 3 is 2.71 bits per heavy atom. The number of hydrogen-bond donors (Lipinski definition) is 2. The minimum Gasteiger partial charge on any atom is -0.311 e. The van der Waals surface area contributed by atoms with E-state index in [9.17, 15) is 8.42 Å². The van der Waals surface area contributed by atoms with Crippen molar-refractivity contribution in [3.05, 3.63) is 0 Å². The first-order valence-electron chi connectivity index (χ1n) is 4.85. The Labute approximate surface area is 85.2 Å².